The summed E-state index contributed by atoms with van der Waals surface area (Å²) in [5, 5.41) is 22.7. The van der Waals surface area contributed by atoms with E-state index in [0.29, 0.717) is 16.7 Å². The average Bonchev–Trinajstić information content (AvgIpc) is 2.24. The van der Waals surface area contributed by atoms with E-state index in [1.54, 1.807) is 13.8 Å². The standard InChI is InChI=1S/C11H14FN3O2/c1-6-3-8(12)4-7(2)10(6)11(17)9(16)5-14-15-13/h3-4,9,11,16-17H,5H2,1-2H3. The van der Waals surface area contributed by atoms with Gasteiger partial charge < -0.3 is 10.2 Å². The molecule has 1 rings (SSSR count). The minimum absolute atomic E-state index is 0.228. The number of hydrogen-bond donors (Lipinski definition) is 2. The summed E-state index contributed by atoms with van der Waals surface area (Å²) >= 11 is 0. The van der Waals surface area contributed by atoms with Gasteiger partial charge in [-0.1, -0.05) is 5.11 Å². The molecular weight excluding hydrogens is 225 g/mol. The van der Waals surface area contributed by atoms with E-state index in [-0.39, 0.29) is 12.4 Å². The molecule has 0 aliphatic carbocycles. The van der Waals surface area contributed by atoms with Crippen LogP contribution in [-0.2, 0) is 0 Å². The Kier molecular flexibility index (Phi) is 4.45. The smallest absolute Gasteiger partial charge is 0.123 e. The lowest BCUT2D eigenvalue weighted by Crippen LogP contribution is -2.22. The fourth-order valence-electron chi connectivity index (χ4n) is 1.80. The third-order valence-electron chi connectivity index (χ3n) is 2.55. The molecule has 0 spiro atoms. The molecule has 0 aromatic heterocycles. The van der Waals surface area contributed by atoms with Crippen LogP contribution in [0, 0.1) is 19.7 Å². The Morgan fingerprint density at radius 2 is 1.88 bits per heavy atom. The second kappa shape index (κ2) is 5.63. The van der Waals surface area contributed by atoms with Crippen LogP contribution in [0.3, 0.4) is 0 Å². The molecule has 92 valence electrons. The number of hydrogen-bond acceptors (Lipinski definition) is 3. The molecule has 1 aromatic carbocycles. The average molecular weight is 239 g/mol. The first-order valence-electron chi connectivity index (χ1n) is 5.11. The van der Waals surface area contributed by atoms with Crippen molar-refractivity contribution < 1.29 is 14.6 Å². The van der Waals surface area contributed by atoms with E-state index in [1.807, 2.05) is 0 Å². The summed E-state index contributed by atoms with van der Waals surface area (Å²) in [7, 11) is 0. The Balaban J connectivity index is 3.03. The van der Waals surface area contributed by atoms with Crippen molar-refractivity contribution in [2.24, 2.45) is 5.11 Å². The number of rotatable bonds is 4. The first kappa shape index (κ1) is 13.4. The molecule has 1 aromatic rings. The molecule has 0 fully saturated rings. The third kappa shape index (κ3) is 3.17. The van der Waals surface area contributed by atoms with Gasteiger partial charge in [0.15, 0.2) is 0 Å². The van der Waals surface area contributed by atoms with Crippen molar-refractivity contribution in [2.75, 3.05) is 6.54 Å². The summed E-state index contributed by atoms with van der Waals surface area (Å²) in [6.07, 6.45) is -2.39. The molecule has 2 unspecified atom stereocenters. The highest BCUT2D eigenvalue weighted by Gasteiger charge is 2.21. The van der Waals surface area contributed by atoms with Crippen molar-refractivity contribution in [1.82, 2.24) is 0 Å². The minimum Gasteiger partial charge on any atom is -0.390 e. The molecule has 2 atom stereocenters. The maximum absolute atomic E-state index is 13.1. The van der Waals surface area contributed by atoms with Crippen molar-refractivity contribution in [2.45, 2.75) is 26.1 Å². The highest BCUT2D eigenvalue weighted by atomic mass is 19.1. The number of aryl methyl sites for hydroxylation is 2. The van der Waals surface area contributed by atoms with Crippen LogP contribution in [0.2, 0.25) is 0 Å². The van der Waals surface area contributed by atoms with E-state index in [9.17, 15) is 14.6 Å². The van der Waals surface area contributed by atoms with Crippen molar-refractivity contribution in [3.8, 4) is 0 Å². The van der Waals surface area contributed by atoms with Gasteiger partial charge in [-0.05, 0) is 48.2 Å². The van der Waals surface area contributed by atoms with Gasteiger partial charge in [-0.3, -0.25) is 0 Å². The zero-order valence-corrected chi connectivity index (χ0v) is 9.63. The molecule has 0 aliphatic rings. The van der Waals surface area contributed by atoms with Crippen LogP contribution >= 0.6 is 0 Å². The zero-order chi connectivity index (χ0) is 13.0. The van der Waals surface area contributed by atoms with Gasteiger partial charge in [0, 0.05) is 4.91 Å². The fourth-order valence-corrected chi connectivity index (χ4v) is 1.80. The molecule has 6 heteroatoms. The van der Waals surface area contributed by atoms with Gasteiger partial charge >= 0.3 is 0 Å². The third-order valence-corrected chi connectivity index (χ3v) is 2.55. The Hall–Kier alpha value is -1.62. The van der Waals surface area contributed by atoms with Crippen LogP contribution in [0.5, 0.6) is 0 Å². The van der Waals surface area contributed by atoms with E-state index in [2.05, 4.69) is 10.0 Å². The monoisotopic (exact) mass is 239 g/mol. The molecule has 0 amide bonds. The highest BCUT2D eigenvalue weighted by Crippen LogP contribution is 2.25. The Morgan fingerprint density at radius 1 is 1.35 bits per heavy atom. The molecule has 0 heterocycles. The maximum atomic E-state index is 13.1. The van der Waals surface area contributed by atoms with Gasteiger partial charge in [0.25, 0.3) is 0 Å². The van der Waals surface area contributed by atoms with Gasteiger partial charge in [-0.25, -0.2) is 4.39 Å². The summed E-state index contributed by atoms with van der Waals surface area (Å²) in [4.78, 5) is 2.50. The Labute approximate surface area is 98.1 Å². The van der Waals surface area contributed by atoms with Gasteiger partial charge in [0.2, 0.25) is 0 Å². The summed E-state index contributed by atoms with van der Waals surface area (Å²) in [5.41, 5.74) is 9.70. The number of nitrogens with zero attached hydrogens (tertiary/aromatic N) is 3. The number of benzene rings is 1. The second-order valence-electron chi connectivity index (χ2n) is 3.88. The molecule has 2 N–H and O–H groups in total. The highest BCUT2D eigenvalue weighted by molar-refractivity contribution is 5.36. The van der Waals surface area contributed by atoms with Crippen LogP contribution in [0.1, 0.15) is 22.8 Å². The Morgan fingerprint density at radius 3 is 2.35 bits per heavy atom. The number of aliphatic hydroxyl groups excluding tert-OH is 2. The van der Waals surface area contributed by atoms with Crippen LogP contribution < -0.4 is 0 Å². The lowest BCUT2D eigenvalue weighted by atomic mass is 9.94. The molecule has 0 aliphatic heterocycles. The van der Waals surface area contributed by atoms with Gasteiger partial charge in [0.1, 0.15) is 11.9 Å². The molecule has 0 saturated heterocycles. The lowest BCUT2D eigenvalue weighted by molar-refractivity contribution is 0.0236. The first-order valence-corrected chi connectivity index (χ1v) is 5.11. The zero-order valence-electron chi connectivity index (χ0n) is 9.63. The molecule has 0 saturated carbocycles. The Bertz CT molecular complexity index is 435. The van der Waals surface area contributed by atoms with E-state index < -0.39 is 12.2 Å². The molecule has 0 radical (unpaired) electrons. The van der Waals surface area contributed by atoms with Crippen LogP contribution in [0.25, 0.3) is 10.4 Å². The normalized spacial score (nSPS) is 13.9. The first-order chi connectivity index (χ1) is 7.97. The van der Waals surface area contributed by atoms with Crippen LogP contribution in [0.4, 0.5) is 4.39 Å². The predicted molar refractivity (Wildman–Crippen MR) is 60.9 cm³/mol. The van der Waals surface area contributed by atoms with E-state index in [4.69, 9.17) is 5.53 Å². The van der Waals surface area contributed by atoms with Crippen molar-refractivity contribution in [1.29, 1.82) is 0 Å². The summed E-state index contributed by atoms with van der Waals surface area (Å²) < 4.78 is 13.1. The quantitative estimate of drug-likeness (QED) is 0.479. The largest absolute Gasteiger partial charge is 0.390 e. The fraction of sp³-hybridized carbons (Fsp3) is 0.455. The van der Waals surface area contributed by atoms with Crippen LogP contribution in [0.15, 0.2) is 17.2 Å². The molecule has 17 heavy (non-hydrogen) atoms. The number of aliphatic hydroxyl groups is 2. The lowest BCUT2D eigenvalue weighted by Gasteiger charge is -2.20. The van der Waals surface area contributed by atoms with E-state index in [0.717, 1.165) is 0 Å². The predicted octanol–water partition coefficient (Wildman–Crippen LogP) is 2.15. The van der Waals surface area contributed by atoms with Gasteiger partial charge in [-0.2, -0.15) is 0 Å². The number of halogens is 1. The molecule has 5 nitrogen and oxygen atoms in total. The van der Waals surface area contributed by atoms with E-state index in [1.165, 1.54) is 12.1 Å². The molecular formula is C11H14FN3O2. The second-order valence-corrected chi connectivity index (χ2v) is 3.88. The summed E-state index contributed by atoms with van der Waals surface area (Å²) in [6.45, 7) is 3.07. The van der Waals surface area contributed by atoms with Crippen LogP contribution in [-0.4, -0.2) is 22.9 Å². The number of azide groups is 1. The SMILES string of the molecule is Cc1cc(F)cc(C)c1C(O)C(O)CN=[N+]=[N-]. The topological polar surface area (TPSA) is 89.2 Å². The summed E-state index contributed by atoms with van der Waals surface area (Å²) in [5.74, 6) is -0.388. The van der Waals surface area contributed by atoms with Crippen molar-refractivity contribution in [3.05, 3.63) is 45.1 Å². The minimum atomic E-state index is -1.20. The maximum Gasteiger partial charge on any atom is 0.123 e. The van der Waals surface area contributed by atoms with Gasteiger partial charge in [0.05, 0.1) is 12.6 Å². The molecule has 0 bridgehead atoms. The van der Waals surface area contributed by atoms with Crippen molar-refractivity contribution >= 4 is 0 Å². The van der Waals surface area contributed by atoms with Crippen molar-refractivity contribution in [3.63, 3.8) is 0 Å². The van der Waals surface area contributed by atoms with E-state index >= 15 is 0 Å². The van der Waals surface area contributed by atoms with Gasteiger partial charge in [-0.15, -0.1) is 0 Å². The summed E-state index contributed by atoms with van der Waals surface area (Å²) in [6, 6.07) is 2.57.